The molecule has 0 saturated heterocycles. The first-order valence-electron chi connectivity index (χ1n) is 8.00. The van der Waals surface area contributed by atoms with E-state index < -0.39 is 0 Å². The number of anilines is 1. The molecule has 0 unspecified atom stereocenters. The third kappa shape index (κ3) is 1.89. The van der Waals surface area contributed by atoms with Gasteiger partial charge in [-0.25, -0.2) is 0 Å². The van der Waals surface area contributed by atoms with Crippen LogP contribution in [-0.4, -0.2) is 10.2 Å². The van der Waals surface area contributed by atoms with Crippen LogP contribution in [-0.2, 0) is 6.42 Å². The number of nitrogens with two attached hydrogens (primary N) is 1. The summed E-state index contributed by atoms with van der Waals surface area (Å²) >= 11 is 0. The molecule has 3 N–H and O–H groups in total. The molecule has 0 spiro atoms. The van der Waals surface area contributed by atoms with Crippen LogP contribution in [0.1, 0.15) is 49.8 Å². The molecule has 3 heteroatoms. The maximum absolute atomic E-state index is 5.82. The predicted octanol–water partition coefficient (Wildman–Crippen LogP) is 3.31. The third-order valence-corrected chi connectivity index (χ3v) is 6.30. The highest BCUT2D eigenvalue weighted by Crippen LogP contribution is 2.57. The van der Waals surface area contributed by atoms with Gasteiger partial charge < -0.3 is 5.73 Å². The second-order valence-electron chi connectivity index (χ2n) is 7.35. The second kappa shape index (κ2) is 4.26. The maximum atomic E-state index is 5.82. The van der Waals surface area contributed by atoms with Crippen LogP contribution in [0.25, 0.3) is 0 Å². The van der Waals surface area contributed by atoms with Crippen molar-refractivity contribution in [2.24, 2.45) is 29.6 Å². The van der Waals surface area contributed by atoms with Gasteiger partial charge in [0, 0.05) is 11.3 Å². The number of aromatic nitrogens is 2. The zero-order valence-corrected chi connectivity index (χ0v) is 11.9. The van der Waals surface area contributed by atoms with Crippen LogP contribution in [0, 0.1) is 36.5 Å². The van der Waals surface area contributed by atoms with Crippen molar-refractivity contribution < 1.29 is 0 Å². The molecule has 0 radical (unpaired) electrons. The van der Waals surface area contributed by atoms with E-state index in [4.69, 9.17) is 5.73 Å². The van der Waals surface area contributed by atoms with E-state index in [1.807, 2.05) is 0 Å². The number of aryl methyl sites for hydroxylation is 1. The van der Waals surface area contributed by atoms with E-state index in [-0.39, 0.29) is 0 Å². The smallest absolute Gasteiger partial charge is 0.148 e. The van der Waals surface area contributed by atoms with Crippen LogP contribution in [0.3, 0.4) is 0 Å². The van der Waals surface area contributed by atoms with Crippen molar-refractivity contribution in [3.05, 3.63) is 11.3 Å². The largest absolute Gasteiger partial charge is 0.382 e. The minimum Gasteiger partial charge on any atom is -0.382 e. The maximum Gasteiger partial charge on any atom is 0.148 e. The zero-order valence-electron chi connectivity index (χ0n) is 11.9. The highest BCUT2D eigenvalue weighted by atomic mass is 15.2. The van der Waals surface area contributed by atoms with Crippen molar-refractivity contribution in [2.75, 3.05) is 5.73 Å². The highest BCUT2D eigenvalue weighted by molar-refractivity contribution is 5.40. The molecular formula is C16H25N3. The summed E-state index contributed by atoms with van der Waals surface area (Å²) < 4.78 is 0. The van der Waals surface area contributed by atoms with Gasteiger partial charge in [-0.2, -0.15) is 5.10 Å². The molecule has 0 aromatic carbocycles. The molecule has 0 atom stereocenters. The fourth-order valence-corrected chi connectivity index (χ4v) is 5.51. The molecule has 5 rings (SSSR count). The lowest BCUT2D eigenvalue weighted by molar-refractivity contribution is -0.0395. The van der Waals surface area contributed by atoms with Crippen molar-refractivity contribution in [1.82, 2.24) is 10.2 Å². The number of nitrogen functional groups attached to an aromatic ring is 1. The Bertz CT molecular complexity index is 448. The summed E-state index contributed by atoms with van der Waals surface area (Å²) in [5.74, 6) is 5.91. The fraction of sp³-hybridized carbons (Fsp3) is 0.812. The first kappa shape index (κ1) is 11.8. The Balaban J connectivity index is 1.45. The number of nitrogens with zero attached hydrogens (tertiary/aromatic N) is 1. The molecule has 1 aromatic heterocycles. The lowest BCUT2D eigenvalue weighted by Crippen LogP contribution is -2.45. The molecule has 104 valence electrons. The first-order valence-corrected chi connectivity index (χ1v) is 8.00. The average molecular weight is 259 g/mol. The van der Waals surface area contributed by atoms with E-state index in [2.05, 4.69) is 17.1 Å². The summed E-state index contributed by atoms with van der Waals surface area (Å²) in [4.78, 5) is 0. The monoisotopic (exact) mass is 259 g/mol. The Morgan fingerprint density at radius 3 is 2.26 bits per heavy atom. The quantitative estimate of drug-likeness (QED) is 0.875. The second-order valence-corrected chi connectivity index (χ2v) is 7.35. The van der Waals surface area contributed by atoms with Gasteiger partial charge in [0.2, 0.25) is 0 Å². The summed E-state index contributed by atoms with van der Waals surface area (Å²) in [5, 5.41) is 7.25. The minimum absolute atomic E-state index is 0.681. The van der Waals surface area contributed by atoms with Crippen molar-refractivity contribution in [3.8, 4) is 0 Å². The number of H-pyrrole nitrogens is 1. The normalized spacial score (nSPS) is 39.9. The number of nitrogens with one attached hydrogen (secondary N) is 1. The highest BCUT2D eigenvalue weighted by Gasteiger charge is 2.47. The molecule has 1 aromatic rings. The molecule has 4 bridgehead atoms. The van der Waals surface area contributed by atoms with Gasteiger partial charge in [0.15, 0.2) is 0 Å². The topological polar surface area (TPSA) is 54.7 Å². The molecule has 1 heterocycles. The van der Waals surface area contributed by atoms with Gasteiger partial charge in [0.25, 0.3) is 0 Å². The summed E-state index contributed by atoms with van der Waals surface area (Å²) in [6.07, 6.45) is 10.2. The lowest BCUT2D eigenvalue weighted by Gasteiger charge is -2.54. The van der Waals surface area contributed by atoms with Gasteiger partial charge >= 0.3 is 0 Å². The fourth-order valence-electron chi connectivity index (χ4n) is 5.51. The van der Waals surface area contributed by atoms with Crippen molar-refractivity contribution in [3.63, 3.8) is 0 Å². The number of aromatic amines is 1. The Morgan fingerprint density at radius 2 is 1.74 bits per heavy atom. The Labute approximate surface area is 115 Å². The molecule has 4 aliphatic rings. The number of rotatable bonds is 3. The molecule has 4 saturated carbocycles. The van der Waals surface area contributed by atoms with Crippen molar-refractivity contribution in [2.45, 2.75) is 51.9 Å². The summed E-state index contributed by atoms with van der Waals surface area (Å²) in [7, 11) is 0. The summed E-state index contributed by atoms with van der Waals surface area (Å²) in [6.45, 7) is 2.09. The van der Waals surface area contributed by atoms with Gasteiger partial charge in [-0.15, -0.1) is 0 Å². The van der Waals surface area contributed by atoms with E-state index in [9.17, 15) is 0 Å². The van der Waals surface area contributed by atoms with E-state index in [0.717, 1.165) is 36.0 Å². The van der Waals surface area contributed by atoms with Crippen LogP contribution in [0.4, 0.5) is 5.82 Å². The third-order valence-electron chi connectivity index (χ3n) is 6.30. The van der Waals surface area contributed by atoms with E-state index in [1.165, 1.54) is 43.4 Å². The van der Waals surface area contributed by atoms with Crippen molar-refractivity contribution >= 4 is 5.82 Å². The summed E-state index contributed by atoms with van der Waals surface area (Å²) in [6, 6.07) is 0. The minimum atomic E-state index is 0.681. The van der Waals surface area contributed by atoms with Crippen LogP contribution < -0.4 is 5.73 Å². The van der Waals surface area contributed by atoms with Gasteiger partial charge in [0.05, 0.1) is 0 Å². The van der Waals surface area contributed by atoms with Gasteiger partial charge in [0.1, 0.15) is 5.82 Å². The Hall–Kier alpha value is -0.990. The summed E-state index contributed by atoms with van der Waals surface area (Å²) in [5.41, 5.74) is 8.26. The van der Waals surface area contributed by atoms with Crippen LogP contribution >= 0.6 is 0 Å². The first-order chi connectivity index (χ1) is 9.20. The molecule has 3 nitrogen and oxygen atoms in total. The standard InChI is InChI=1S/C16H25N3/c1-9-15(18-19-16(9)17)3-2-14-12-5-10-4-11(7-12)8-13(14)6-10/h10-14H,2-8H2,1H3,(H3,17,18,19). The molecule has 0 amide bonds. The van der Waals surface area contributed by atoms with E-state index >= 15 is 0 Å². The number of hydrogen-bond acceptors (Lipinski definition) is 2. The van der Waals surface area contributed by atoms with E-state index in [1.54, 1.807) is 6.42 Å². The Kier molecular flexibility index (Phi) is 2.64. The van der Waals surface area contributed by atoms with Crippen LogP contribution in [0.15, 0.2) is 0 Å². The average Bonchev–Trinajstić information content (AvgIpc) is 2.69. The lowest BCUT2D eigenvalue weighted by atomic mass is 9.51. The van der Waals surface area contributed by atoms with Crippen LogP contribution in [0.5, 0.6) is 0 Å². The number of hydrogen-bond donors (Lipinski definition) is 2. The van der Waals surface area contributed by atoms with Crippen LogP contribution in [0.2, 0.25) is 0 Å². The SMILES string of the molecule is Cc1c(N)n[nH]c1CCC1C2CC3CC(C2)CC1C3. The van der Waals surface area contributed by atoms with Gasteiger partial charge in [-0.1, -0.05) is 0 Å². The molecular weight excluding hydrogens is 234 g/mol. The molecule has 19 heavy (non-hydrogen) atoms. The zero-order chi connectivity index (χ0) is 13.0. The van der Waals surface area contributed by atoms with E-state index in [0.29, 0.717) is 5.82 Å². The van der Waals surface area contributed by atoms with Crippen molar-refractivity contribution in [1.29, 1.82) is 0 Å². The predicted molar refractivity (Wildman–Crippen MR) is 76.6 cm³/mol. The van der Waals surface area contributed by atoms with Gasteiger partial charge in [-0.3, -0.25) is 5.10 Å². The molecule has 0 aliphatic heterocycles. The Morgan fingerprint density at radius 1 is 1.11 bits per heavy atom. The van der Waals surface area contributed by atoms with Gasteiger partial charge in [-0.05, 0) is 81.5 Å². The molecule has 4 fully saturated rings. The molecule has 4 aliphatic carbocycles.